The number of hydrogen-bond acceptors (Lipinski definition) is 5. The highest BCUT2D eigenvalue weighted by Crippen LogP contribution is 2.67. The van der Waals surface area contributed by atoms with Gasteiger partial charge in [-0.1, -0.05) is 50.2 Å². The van der Waals surface area contributed by atoms with Crippen molar-refractivity contribution in [2.75, 3.05) is 0 Å². The standard InChI is InChI=1S/C27H43BrO5/c1-6-8-16(3)32-33-18-9-11-26(4)17(13-18)14-22(29)24-19(26)10-12-27(5)20(24)15-21(28)25(27)31-23(30)7-2/h17-22,24-25,29H,3,6-15H2,1-2,4-5H3/t17?,18-,19?,20?,21+,22-,24?,25-,26-,27-/m0/s1. The van der Waals surface area contributed by atoms with Crippen LogP contribution >= 0.6 is 15.9 Å². The SMILES string of the molecule is C=C(CCC)OO[C@H]1CC[C@@]2(C)C(C1)C[C@H](O)C1C2CC[C@@]2(C)C1C[C@@H](Br)[C@@H]2OC(=O)CC. The van der Waals surface area contributed by atoms with Gasteiger partial charge in [0.15, 0.2) is 0 Å². The first-order valence-corrected chi connectivity index (χ1v) is 14.1. The molecule has 5 nitrogen and oxygen atoms in total. The third kappa shape index (κ3) is 4.53. The summed E-state index contributed by atoms with van der Waals surface area (Å²) in [5.74, 6) is 2.17. The zero-order valence-electron chi connectivity index (χ0n) is 20.9. The molecule has 6 heteroatoms. The summed E-state index contributed by atoms with van der Waals surface area (Å²) in [4.78, 5) is 23.6. The Morgan fingerprint density at radius 3 is 2.52 bits per heavy atom. The Balaban J connectivity index is 1.48. The zero-order valence-corrected chi connectivity index (χ0v) is 22.4. The Bertz CT molecular complexity index is 742. The van der Waals surface area contributed by atoms with Gasteiger partial charge in [-0.2, -0.15) is 4.89 Å². The first kappa shape index (κ1) is 25.5. The molecule has 4 aliphatic carbocycles. The van der Waals surface area contributed by atoms with Gasteiger partial charge in [0, 0.05) is 18.3 Å². The van der Waals surface area contributed by atoms with Crippen LogP contribution < -0.4 is 0 Å². The number of aliphatic hydroxyl groups is 1. The molecule has 33 heavy (non-hydrogen) atoms. The molecule has 4 fully saturated rings. The topological polar surface area (TPSA) is 65.0 Å². The van der Waals surface area contributed by atoms with E-state index in [9.17, 15) is 9.90 Å². The molecule has 4 saturated carbocycles. The number of carbonyl (C=O) groups excluding carboxylic acids is 1. The number of fused-ring (bicyclic) bond motifs is 5. The summed E-state index contributed by atoms with van der Waals surface area (Å²) < 4.78 is 5.96. The number of ether oxygens (including phenoxy) is 1. The molecule has 0 aliphatic heterocycles. The van der Waals surface area contributed by atoms with Crippen LogP contribution in [-0.2, 0) is 19.3 Å². The van der Waals surface area contributed by atoms with Gasteiger partial charge < -0.3 is 14.7 Å². The fourth-order valence-electron chi connectivity index (χ4n) is 8.09. The number of hydrogen-bond donors (Lipinski definition) is 1. The number of carbonyl (C=O) groups is 1. The monoisotopic (exact) mass is 526 g/mol. The van der Waals surface area contributed by atoms with Crippen LogP contribution in [0.5, 0.6) is 0 Å². The summed E-state index contributed by atoms with van der Waals surface area (Å²) in [5, 5.41) is 11.5. The fraction of sp³-hybridized carbons (Fsp3) is 0.889. The van der Waals surface area contributed by atoms with Gasteiger partial charge in [0.05, 0.1) is 10.9 Å². The van der Waals surface area contributed by atoms with Gasteiger partial charge in [-0.25, -0.2) is 0 Å². The molecule has 0 aromatic heterocycles. The van der Waals surface area contributed by atoms with Crippen molar-refractivity contribution in [3.8, 4) is 0 Å². The number of rotatable bonds is 7. The largest absolute Gasteiger partial charge is 0.461 e. The van der Waals surface area contributed by atoms with E-state index < -0.39 is 0 Å². The van der Waals surface area contributed by atoms with Crippen molar-refractivity contribution >= 4 is 21.9 Å². The maximum absolute atomic E-state index is 12.2. The summed E-state index contributed by atoms with van der Waals surface area (Å²) in [7, 11) is 0. The van der Waals surface area contributed by atoms with E-state index >= 15 is 0 Å². The molecule has 10 atom stereocenters. The molecule has 0 heterocycles. The lowest BCUT2D eigenvalue weighted by Crippen LogP contribution is -2.59. The molecule has 0 aromatic rings. The molecule has 188 valence electrons. The maximum atomic E-state index is 12.2. The predicted molar refractivity (Wildman–Crippen MR) is 131 cm³/mol. The van der Waals surface area contributed by atoms with Gasteiger partial charge in [-0.15, -0.1) is 0 Å². The molecule has 0 bridgehead atoms. The van der Waals surface area contributed by atoms with E-state index in [1.54, 1.807) is 0 Å². The van der Waals surface area contributed by atoms with Crippen molar-refractivity contribution in [1.82, 2.24) is 0 Å². The van der Waals surface area contributed by atoms with Crippen molar-refractivity contribution in [2.24, 2.45) is 34.5 Å². The van der Waals surface area contributed by atoms with Crippen LogP contribution in [0.25, 0.3) is 0 Å². The zero-order chi connectivity index (χ0) is 24.0. The van der Waals surface area contributed by atoms with Gasteiger partial charge in [0.2, 0.25) is 0 Å². The second-order valence-corrected chi connectivity index (χ2v) is 12.9. The lowest BCUT2D eigenvalue weighted by Gasteiger charge is -2.62. The molecule has 4 unspecified atom stereocenters. The van der Waals surface area contributed by atoms with E-state index in [1.165, 1.54) is 0 Å². The predicted octanol–water partition coefficient (Wildman–Crippen LogP) is 6.33. The highest BCUT2D eigenvalue weighted by Gasteiger charge is 2.65. The lowest BCUT2D eigenvalue weighted by atomic mass is 9.44. The van der Waals surface area contributed by atoms with Crippen molar-refractivity contribution in [2.45, 2.75) is 115 Å². The minimum atomic E-state index is -0.312. The highest BCUT2D eigenvalue weighted by molar-refractivity contribution is 9.09. The average molecular weight is 528 g/mol. The normalized spacial score (nSPS) is 46.6. The number of alkyl halides is 1. The number of allylic oxidation sites excluding steroid dienone is 1. The molecule has 4 aliphatic rings. The van der Waals surface area contributed by atoms with E-state index in [1.807, 2.05) is 6.92 Å². The van der Waals surface area contributed by atoms with Crippen LogP contribution in [0.1, 0.15) is 91.9 Å². The van der Waals surface area contributed by atoms with E-state index in [0.717, 1.165) is 57.8 Å². The van der Waals surface area contributed by atoms with Crippen LogP contribution in [-0.4, -0.2) is 34.2 Å². The second-order valence-electron chi connectivity index (χ2n) is 11.7. The maximum Gasteiger partial charge on any atom is 0.305 e. The Labute approximate surface area is 208 Å². The number of esters is 1. The molecular formula is C27H43BrO5. The van der Waals surface area contributed by atoms with Crippen LogP contribution in [0.2, 0.25) is 0 Å². The van der Waals surface area contributed by atoms with Crippen LogP contribution in [0.3, 0.4) is 0 Å². The second kappa shape index (κ2) is 9.81. The summed E-state index contributed by atoms with van der Waals surface area (Å²) in [5.41, 5.74) is 0.142. The Morgan fingerprint density at radius 1 is 1.09 bits per heavy atom. The number of aliphatic hydroxyl groups excluding tert-OH is 1. The fourth-order valence-corrected chi connectivity index (χ4v) is 9.20. The Morgan fingerprint density at radius 2 is 1.82 bits per heavy atom. The first-order valence-electron chi connectivity index (χ1n) is 13.2. The summed E-state index contributed by atoms with van der Waals surface area (Å²) in [6, 6.07) is 0. The van der Waals surface area contributed by atoms with E-state index in [4.69, 9.17) is 14.5 Å². The van der Waals surface area contributed by atoms with Crippen molar-refractivity contribution in [3.63, 3.8) is 0 Å². The number of halogens is 1. The molecule has 0 amide bonds. The quantitative estimate of drug-likeness (QED) is 0.138. The van der Waals surface area contributed by atoms with Crippen LogP contribution in [0, 0.1) is 34.5 Å². The minimum Gasteiger partial charge on any atom is -0.461 e. The summed E-state index contributed by atoms with van der Waals surface area (Å²) in [6.07, 6.45) is 8.86. The smallest absolute Gasteiger partial charge is 0.305 e. The van der Waals surface area contributed by atoms with E-state index in [0.29, 0.717) is 29.9 Å². The first-order chi connectivity index (χ1) is 15.6. The third-order valence-electron chi connectivity index (χ3n) is 9.91. The molecule has 1 N–H and O–H groups in total. The third-order valence-corrected chi connectivity index (χ3v) is 10.8. The molecular weight excluding hydrogens is 484 g/mol. The van der Waals surface area contributed by atoms with Crippen molar-refractivity contribution < 1.29 is 24.4 Å². The van der Waals surface area contributed by atoms with Crippen LogP contribution in [0.15, 0.2) is 12.3 Å². The lowest BCUT2D eigenvalue weighted by molar-refractivity contribution is -0.313. The van der Waals surface area contributed by atoms with Crippen molar-refractivity contribution in [3.05, 3.63) is 12.3 Å². The Kier molecular flexibility index (Phi) is 7.58. The Hall–Kier alpha value is -0.590. The van der Waals surface area contributed by atoms with Gasteiger partial charge >= 0.3 is 5.97 Å². The molecule has 0 saturated heterocycles. The van der Waals surface area contributed by atoms with Crippen molar-refractivity contribution in [1.29, 1.82) is 0 Å². The summed E-state index contributed by atoms with van der Waals surface area (Å²) in [6.45, 7) is 12.7. The van der Waals surface area contributed by atoms with Gasteiger partial charge in [0.25, 0.3) is 0 Å². The van der Waals surface area contributed by atoms with Gasteiger partial charge in [0.1, 0.15) is 18.0 Å². The molecule has 0 aromatic carbocycles. The summed E-state index contributed by atoms with van der Waals surface area (Å²) >= 11 is 3.86. The van der Waals surface area contributed by atoms with E-state index in [2.05, 4.69) is 43.3 Å². The van der Waals surface area contributed by atoms with E-state index in [-0.39, 0.29) is 45.9 Å². The van der Waals surface area contributed by atoms with Gasteiger partial charge in [-0.3, -0.25) is 4.79 Å². The highest BCUT2D eigenvalue weighted by atomic mass is 79.9. The van der Waals surface area contributed by atoms with Gasteiger partial charge in [-0.05, 0) is 80.5 Å². The molecule has 4 rings (SSSR count). The average Bonchev–Trinajstić information content (AvgIpc) is 3.03. The minimum absolute atomic E-state index is 0.0713. The molecule has 0 spiro atoms. The van der Waals surface area contributed by atoms with Crippen LogP contribution in [0.4, 0.5) is 0 Å². The molecule has 0 radical (unpaired) electrons.